The van der Waals surface area contributed by atoms with Crippen LogP contribution < -0.4 is 5.32 Å². The molecule has 0 spiro atoms. The van der Waals surface area contributed by atoms with Gasteiger partial charge in [0.25, 0.3) is 0 Å². The zero-order chi connectivity index (χ0) is 16.5. The van der Waals surface area contributed by atoms with Crippen molar-refractivity contribution in [3.63, 3.8) is 0 Å². The molecule has 1 aliphatic heterocycles. The van der Waals surface area contributed by atoms with E-state index in [9.17, 15) is 4.79 Å². The third-order valence-electron chi connectivity index (χ3n) is 4.97. The lowest BCUT2D eigenvalue weighted by molar-refractivity contribution is -0.133. The maximum absolute atomic E-state index is 12.6. The highest BCUT2D eigenvalue weighted by Crippen LogP contribution is 2.48. The quantitative estimate of drug-likeness (QED) is 0.935. The van der Waals surface area contributed by atoms with Gasteiger partial charge < -0.3 is 14.6 Å². The van der Waals surface area contributed by atoms with Gasteiger partial charge in [-0.25, -0.2) is 0 Å². The summed E-state index contributed by atoms with van der Waals surface area (Å²) in [5.41, 5.74) is 0.913. The van der Waals surface area contributed by atoms with E-state index in [0.29, 0.717) is 6.04 Å². The second-order valence-electron chi connectivity index (χ2n) is 6.77. The molecule has 0 aromatic carbocycles. The molecule has 0 radical (unpaired) electrons. The molecule has 1 N–H and O–H groups in total. The van der Waals surface area contributed by atoms with E-state index in [2.05, 4.69) is 15.5 Å². The third kappa shape index (κ3) is 3.13. The number of carbonyl (C=O) groups excluding carboxylic acids is 1. The molecule has 0 unspecified atom stereocenters. The number of hydrogen-bond acceptors (Lipinski definition) is 5. The first kappa shape index (κ1) is 15.2. The van der Waals surface area contributed by atoms with E-state index in [-0.39, 0.29) is 17.7 Å². The molecule has 126 valence electrons. The average molecular weight is 326 g/mol. The van der Waals surface area contributed by atoms with E-state index in [0.717, 1.165) is 49.6 Å². The zero-order valence-electron chi connectivity index (χ0n) is 13.8. The fourth-order valence-corrected chi connectivity index (χ4v) is 3.45. The summed E-state index contributed by atoms with van der Waals surface area (Å²) >= 11 is 0. The molecule has 2 atom stereocenters. The summed E-state index contributed by atoms with van der Waals surface area (Å²) in [6, 6.07) is 8.12. The third-order valence-corrected chi connectivity index (χ3v) is 4.97. The van der Waals surface area contributed by atoms with Crippen molar-refractivity contribution < 1.29 is 9.21 Å². The van der Waals surface area contributed by atoms with E-state index in [1.807, 2.05) is 36.1 Å². The standard InChI is InChI=1S/C18H22N4O2/c1-12-4-5-17(21-20-12)19-13-6-8-22(9-7-13)18(23)15-11-14(15)16-3-2-10-24-16/h2-5,10,13-15H,6-9,11H2,1H3,(H,19,21)/t14-,15-/m1/s1. The van der Waals surface area contributed by atoms with Gasteiger partial charge in [0.1, 0.15) is 11.6 Å². The van der Waals surface area contributed by atoms with Gasteiger partial charge in [-0.15, -0.1) is 5.10 Å². The van der Waals surface area contributed by atoms with E-state index in [4.69, 9.17) is 4.42 Å². The molecule has 24 heavy (non-hydrogen) atoms. The van der Waals surface area contributed by atoms with E-state index in [1.165, 1.54) is 0 Å². The van der Waals surface area contributed by atoms with E-state index >= 15 is 0 Å². The number of nitrogens with one attached hydrogen (secondary N) is 1. The number of nitrogens with zero attached hydrogens (tertiary/aromatic N) is 3. The highest BCUT2D eigenvalue weighted by molar-refractivity contribution is 5.83. The van der Waals surface area contributed by atoms with Crippen LogP contribution in [0.15, 0.2) is 34.9 Å². The van der Waals surface area contributed by atoms with Gasteiger partial charge in [0.05, 0.1) is 12.0 Å². The van der Waals surface area contributed by atoms with Gasteiger partial charge in [0.15, 0.2) is 0 Å². The normalized spacial score (nSPS) is 24.0. The predicted octanol–water partition coefficient (Wildman–Crippen LogP) is 2.58. The molecule has 2 aromatic rings. The molecule has 1 saturated carbocycles. The van der Waals surface area contributed by atoms with Crippen LogP contribution in [0.4, 0.5) is 5.82 Å². The fraction of sp³-hybridized carbons (Fsp3) is 0.500. The van der Waals surface area contributed by atoms with Crippen LogP contribution in [0, 0.1) is 12.8 Å². The average Bonchev–Trinajstić information content (AvgIpc) is 3.22. The molecule has 3 heterocycles. The predicted molar refractivity (Wildman–Crippen MR) is 89.5 cm³/mol. The lowest BCUT2D eigenvalue weighted by Gasteiger charge is -2.32. The summed E-state index contributed by atoms with van der Waals surface area (Å²) < 4.78 is 5.42. The Kier molecular flexibility index (Phi) is 3.96. The van der Waals surface area contributed by atoms with Gasteiger partial charge in [0.2, 0.25) is 5.91 Å². The van der Waals surface area contributed by atoms with Crippen molar-refractivity contribution in [3.8, 4) is 0 Å². The van der Waals surface area contributed by atoms with E-state index < -0.39 is 0 Å². The Morgan fingerprint density at radius 1 is 1.25 bits per heavy atom. The molecule has 4 rings (SSSR count). The Balaban J connectivity index is 1.27. The molecule has 6 heteroatoms. The summed E-state index contributed by atoms with van der Waals surface area (Å²) in [5, 5.41) is 11.6. The van der Waals surface area contributed by atoms with E-state index in [1.54, 1.807) is 6.26 Å². The lowest BCUT2D eigenvalue weighted by atomic mass is 10.0. The molecule has 1 aliphatic carbocycles. The Morgan fingerprint density at radius 2 is 2.08 bits per heavy atom. The molecule has 1 saturated heterocycles. The first-order valence-electron chi connectivity index (χ1n) is 8.60. The summed E-state index contributed by atoms with van der Waals surface area (Å²) in [5.74, 6) is 2.44. The molecule has 2 aliphatic rings. The van der Waals surface area contributed by atoms with Crippen LogP contribution in [0.3, 0.4) is 0 Å². The number of aromatic nitrogens is 2. The molecule has 2 fully saturated rings. The van der Waals surface area contributed by atoms with Gasteiger partial charge in [-0.05, 0) is 50.5 Å². The van der Waals surface area contributed by atoms with Gasteiger partial charge in [0, 0.05) is 31.0 Å². The van der Waals surface area contributed by atoms with Crippen LogP contribution in [-0.2, 0) is 4.79 Å². The summed E-state index contributed by atoms with van der Waals surface area (Å²) in [6.45, 7) is 3.53. The van der Waals surface area contributed by atoms with Crippen molar-refractivity contribution >= 4 is 11.7 Å². The number of hydrogen-bond donors (Lipinski definition) is 1. The van der Waals surface area contributed by atoms with Crippen LogP contribution in [0.25, 0.3) is 0 Å². The summed E-state index contributed by atoms with van der Waals surface area (Å²) in [7, 11) is 0. The molecule has 0 bridgehead atoms. The highest BCUT2D eigenvalue weighted by atomic mass is 16.3. The zero-order valence-corrected chi connectivity index (χ0v) is 13.8. The minimum atomic E-state index is 0.114. The Labute approximate surface area is 141 Å². The van der Waals surface area contributed by atoms with Gasteiger partial charge in [-0.2, -0.15) is 5.10 Å². The Morgan fingerprint density at radius 3 is 2.75 bits per heavy atom. The first-order chi connectivity index (χ1) is 11.7. The van der Waals surface area contributed by atoms with Crippen molar-refractivity contribution in [2.45, 2.75) is 38.1 Å². The first-order valence-corrected chi connectivity index (χ1v) is 8.60. The maximum Gasteiger partial charge on any atom is 0.226 e. The highest BCUT2D eigenvalue weighted by Gasteiger charge is 2.47. The minimum absolute atomic E-state index is 0.114. The van der Waals surface area contributed by atoms with Crippen LogP contribution in [0.1, 0.15) is 36.6 Å². The number of anilines is 1. The van der Waals surface area contributed by atoms with Crippen molar-refractivity contribution in [2.75, 3.05) is 18.4 Å². The van der Waals surface area contributed by atoms with Gasteiger partial charge in [-0.3, -0.25) is 4.79 Å². The number of furan rings is 1. The van der Waals surface area contributed by atoms with Gasteiger partial charge >= 0.3 is 0 Å². The van der Waals surface area contributed by atoms with Crippen LogP contribution in [0.5, 0.6) is 0 Å². The summed E-state index contributed by atoms with van der Waals surface area (Å²) in [4.78, 5) is 14.6. The van der Waals surface area contributed by atoms with Crippen LogP contribution >= 0.6 is 0 Å². The molecular weight excluding hydrogens is 304 g/mol. The van der Waals surface area contributed by atoms with Crippen molar-refractivity contribution in [1.29, 1.82) is 0 Å². The molecule has 6 nitrogen and oxygen atoms in total. The van der Waals surface area contributed by atoms with Crippen LogP contribution in [0.2, 0.25) is 0 Å². The van der Waals surface area contributed by atoms with Gasteiger partial charge in [-0.1, -0.05) is 0 Å². The molecular formula is C18H22N4O2. The monoisotopic (exact) mass is 326 g/mol. The number of aryl methyl sites for hydroxylation is 1. The summed E-state index contributed by atoms with van der Waals surface area (Å²) in [6.07, 6.45) is 4.49. The lowest BCUT2D eigenvalue weighted by Crippen LogP contribution is -2.43. The smallest absolute Gasteiger partial charge is 0.226 e. The number of carbonyl (C=O) groups is 1. The second kappa shape index (κ2) is 6.26. The van der Waals surface area contributed by atoms with Crippen LogP contribution in [-0.4, -0.2) is 40.1 Å². The number of piperidine rings is 1. The fourth-order valence-electron chi connectivity index (χ4n) is 3.45. The number of amides is 1. The number of rotatable bonds is 4. The minimum Gasteiger partial charge on any atom is -0.469 e. The van der Waals surface area contributed by atoms with Crippen molar-refractivity contribution in [2.24, 2.45) is 5.92 Å². The van der Waals surface area contributed by atoms with Crippen molar-refractivity contribution in [1.82, 2.24) is 15.1 Å². The van der Waals surface area contributed by atoms with Crippen molar-refractivity contribution in [3.05, 3.63) is 42.0 Å². The SMILES string of the molecule is Cc1ccc(NC2CCN(C(=O)[C@@H]3C[C@H]3c3ccco3)CC2)nn1. The number of likely N-dealkylation sites (tertiary alicyclic amines) is 1. The largest absolute Gasteiger partial charge is 0.469 e. The topological polar surface area (TPSA) is 71.3 Å². The second-order valence-corrected chi connectivity index (χ2v) is 6.77. The maximum atomic E-state index is 12.6. The Bertz CT molecular complexity index is 690. The molecule has 2 aromatic heterocycles. The Hall–Kier alpha value is -2.37. The molecule has 1 amide bonds.